The number of rotatable bonds is 3. The summed E-state index contributed by atoms with van der Waals surface area (Å²) in [6, 6.07) is 17.9. The van der Waals surface area contributed by atoms with E-state index in [2.05, 4.69) is 45.0 Å². The molecule has 0 N–H and O–H groups in total. The molecule has 6 heteroatoms. The fourth-order valence-corrected chi connectivity index (χ4v) is 5.05. The van der Waals surface area contributed by atoms with Crippen LogP contribution in [0.5, 0.6) is 0 Å². The number of thioether (sulfide) groups is 1. The second-order valence-corrected chi connectivity index (χ2v) is 9.78. The Morgan fingerprint density at radius 3 is 2.20 bits per heavy atom. The number of anilines is 1. The van der Waals surface area contributed by atoms with Crippen molar-refractivity contribution in [2.75, 3.05) is 10.7 Å². The number of para-hydroxylation sites is 1. The molecule has 1 atom stereocenters. The maximum atomic E-state index is 13.4. The SMILES string of the molecule is Cc1c(N2C(=O)CSC2c2ccc(C(C)(C)C)cc2)c(=O)n(-c2ccccc2)n1C. The van der Waals surface area contributed by atoms with Crippen LogP contribution in [0.25, 0.3) is 5.69 Å². The highest BCUT2D eigenvalue weighted by atomic mass is 32.2. The Bertz CT molecular complexity index is 1140. The van der Waals surface area contributed by atoms with Crippen molar-refractivity contribution in [3.63, 3.8) is 0 Å². The summed E-state index contributed by atoms with van der Waals surface area (Å²) in [5, 5.41) is -0.204. The van der Waals surface area contributed by atoms with Crippen LogP contribution in [0.2, 0.25) is 0 Å². The van der Waals surface area contributed by atoms with E-state index >= 15 is 0 Å². The van der Waals surface area contributed by atoms with Crippen LogP contribution in [0.4, 0.5) is 5.69 Å². The third-order valence-electron chi connectivity index (χ3n) is 5.69. The number of hydrogen-bond acceptors (Lipinski definition) is 3. The summed E-state index contributed by atoms with van der Waals surface area (Å²) >= 11 is 1.57. The lowest BCUT2D eigenvalue weighted by Crippen LogP contribution is -2.33. The molecule has 1 amide bonds. The molecule has 0 spiro atoms. The molecule has 0 radical (unpaired) electrons. The molecule has 0 saturated carbocycles. The zero-order chi connectivity index (χ0) is 21.6. The van der Waals surface area contributed by atoms with Crippen LogP contribution in [0.3, 0.4) is 0 Å². The lowest BCUT2D eigenvalue weighted by molar-refractivity contribution is -0.115. The van der Waals surface area contributed by atoms with Crippen LogP contribution >= 0.6 is 11.8 Å². The molecular weight excluding hydrogens is 394 g/mol. The van der Waals surface area contributed by atoms with Crippen molar-refractivity contribution in [1.82, 2.24) is 9.36 Å². The van der Waals surface area contributed by atoms with Crippen molar-refractivity contribution in [1.29, 1.82) is 0 Å². The lowest BCUT2D eigenvalue weighted by Gasteiger charge is -2.24. The van der Waals surface area contributed by atoms with Crippen LogP contribution < -0.4 is 10.5 Å². The molecule has 5 nitrogen and oxygen atoms in total. The molecule has 1 aliphatic rings. The quantitative estimate of drug-likeness (QED) is 0.623. The minimum Gasteiger partial charge on any atom is -0.288 e. The number of aromatic nitrogens is 2. The van der Waals surface area contributed by atoms with Gasteiger partial charge in [0.15, 0.2) is 0 Å². The molecule has 1 saturated heterocycles. The average molecular weight is 422 g/mol. The molecule has 30 heavy (non-hydrogen) atoms. The maximum absolute atomic E-state index is 13.4. The van der Waals surface area contributed by atoms with E-state index in [1.807, 2.05) is 49.0 Å². The van der Waals surface area contributed by atoms with Crippen molar-refractivity contribution in [3.05, 3.63) is 81.8 Å². The predicted octanol–water partition coefficient (Wildman–Crippen LogP) is 4.56. The van der Waals surface area contributed by atoms with Gasteiger partial charge in [-0.2, -0.15) is 0 Å². The Morgan fingerprint density at radius 2 is 1.60 bits per heavy atom. The van der Waals surface area contributed by atoms with Gasteiger partial charge >= 0.3 is 0 Å². The number of carbonyl (C=O) groups excluding carboxylic acids is 1. The van der Waals surface area contributed by atoms with Crippen molar-refractivity contribution in [2.24, 2.45) is 7.05 Å². The van der Waals surface area contributed by atoms with Crippen molar-refractivity contribution < 1.29 is 4.79 Å². The van der Waals surface area contributed by atoms with Gasteiger partial charge in [-0.05, 0) is 35.6 Å². The summed E-state index contributed by atoms with van der Waals surface area (Å²) < 4.78 is 3.45. The molecule has 4 rings (SSSR count). The van der Waals surface area contributed by atoms with E-state index in [1.165, 1.54) is 5.56 Å². The first-order valence-corrected chi connectivity index (χ1v) is 11.1. The standard InChI is InChI=1S/C24H27N3O2S/c1-16-21(22(29)27(25(16)5)19-9-7-6-8-10-19)26-20(28)15-30-23(26)17-11-13-18(14-12-17)24(2,3)4/h6-14,23H,15H2,1-5H3. The van der Waals surface area contributed by atoms with Gasteiger partial charge in [-0.3, -0.25) is 19.2 Å². The summed E-state index contributed by atoms with van der Waals surface area (Å²) in [5.41, 5.74) is 4.19. The van der Waals surface area contributed by atoms with Gasteiger partial charge in [0.25, 0.3) is 5.56 Å². The monoisotopic (exact) mass is 421 g/mol. The summed E-state index contributed by atoms with van der Waals surface area (Å²) in [5.74, 6) is 0.334. The molecule has 0 bridgehead atoms. The topological polar surface area (TPSA) is 47.2 Å². The van der Waals surface area contributed by atoms with E-state index in [4.69, 9.17) is 0 Å². The van der Waals surface area contributed by atoms with E-state index in [1.54, 1.807) is 21.3 Å². The van der Waals surface area contributed by atoms with E-state index < -0.39 is 0 Å². The van der Waals surface area contributed by atoms with Crippen LogP contribution in [0.15, 0.2) is 59.4 Å². The molecule has 3 aromatic rings. The van der Waals surface area contributed by atoms with Gasteiger partial charge in [-0.1, -0.05) is 63.2 Å². The normalized spacial score (nSPS) is 17.0. The molecule has 0 aliphatic carbocycles. The van der Waals surface area contributed by atoms with Crippen molar-refractivity contribution in [2.45, 2.75) is 38.5 Å². The summed E-state index contributed by atoms with van der Waals surface area (Å²) in [7, 11) is 1.86. The second-order valence-electron chi connectivity index (χ2n) is 8.71. The van der Waals surface area contributed by atoms with Crippen molar-refractivity contribution >= 4 is 23.4 Å². The minimum atomic E-state index is -0.204. The Kier molecular flexibility index (Phi) is 5.14. The zero-order valence-corrected chi connectivity index (χ0v) is 18.9. The fourth-order valence-electron chi connectivity index (χ4n) is 3.89. The summed E-state index contributed by atoms with van der Waals surface area (Å²) in [6.45, 7) is 8.44. The van der Waals surface area contributed by atoms with Gasteiger partial charge in [0.2, 0.25) is 5.91 Å². The Balaban J connectivity index is 1.79. The van der Waals surface area contributed by atoms with Gasteiger partial charge in [-0.15, -0.1) is 11.8 Å². The zero-order valence-electron chi connectivity index (χ0n) is 18.0. The first-order valence-electron chi connectivity index (χ1n) is 10.1. The lowest BCUT2D eigenvalue weighted by atomic mass is 9.86. The Morgan fingerprint density at radius 1 is 0.967 bits per heavy atom. The molecular formula is C24H27N3O2S. The number of carbonyl (C=O) groups is 1. The number of hydrogen-bond donors (Lipinski definition) is 0. The molecule has 156 valence electrons. The van der Waals surface area contributed by atoms with Gasteiger partial charge in [0.05, 0.1) is 17.1 Å². The highest BCUT2D eigenvalue weighted by Gasteiger charge is 2.38. The van der Waals surface area contributed by atoms with E-state index in [0.717, 1.165) is 16.9 Å². The minimum absolute atomic E-state index is 0.0316. The smallest absolute Gasteiger partial charge is 0.288 e. The van der Waals surface area contributed by atoms with E-state index in [9.17, 15) is 9.59 Å². The number of nitrogens with zero attached hydrogens (tertiary/aromatic N) is 3. The highest BCUT2D eigenvalue weighted by molar-refractivity contribution is 8.00. The average Bonchev–Trinajstić information content (AvgIpc) is 3.19. The highest BCUT2D eigenvalue weighted by Crippen LogP contribution is 2.42. The molecule has 1 fully saturated rings. The molecule has 1 aromatic heterocycles. The summed E-state index contributed by atoms with van der Waals surface area (Å²) in [4.78, 5) is 28.0. The van der Waals surface area contributed by atoms with Crippen LogP contribution in [0.1, 0.15) is 43.0 Å². The van der Waals surface area contributed by atoms with Crippen LogP contribution in [-0.4, -0.2) is 21.0 Å². The van der Waals surface area contributed by atoms with Gasteiger partial charge in [-0.25, -0.2) is 4.68 Å². The van der Waals surface area contributed by atoms with Gasteiger partial charge in [0, 0.05) is 7.05 Å². The third kappa shape index (κ3) is 3.39. The Hall–Kier alpha value is -2.73. The molecule has 1 unspecified atom stereocenters. The summed E-state index contributed by atoms with van der Waals surface area (Å²) in [6.07, 6.45) is 0. The van der Waals surface area contributed by atoms with E-state index in [0.29, 0.717) is 11.4 Å². The first-order chi connectivity index (χ1) is 14.2. The van der Waals surface area contributed by atoms with Crippen molar-refractivity contribution in [3.8, 4) is 5.69 Å². The Labute approximate surface area is 181 Å². The fraction of sp³-hybridized carbons (Fsp3) is 0.333. The number of amides is 1. The van der Waals surface area contributed by atoms with Crippen LogP contribution in [0, 0.1) is 6.92 Å². The van der Waals surface area contributed by atoms with Gasteiger partial charge < -0.3 is 0 Å². The van der Waals surface area contributed by atoms with Crippen LogP contribution in [-0.2, 0) is 17.3 Å². The van der Waals surface area contributed by atoms with E-state index in [-0.39, 0.29) is 22.3 Å². The maximum Gasteiger partial charge on any atom is 0.295 e. The molecule has 2 heterocycles. The molecule has 2 aromatic carbocycles. The second kappa shape index (κ2) is 7.51. The van der Waals surface area contributed by atoms with Gasteiger partial charge in [0.1, 0.15) is 11.1 Å². The largest absolute Gasteiger partial charge is 0.295 e. The number of benzene rings is 2. The first kappa shape index (κ1) is 20.5. The third-order valence-corrected chi connectivity index (χ3v) is 6.91. The predicted molar refractivity (Wildman–Crippen MR) is 124 cm³/mol. The molecule has 1 aliphatic heterocycles.